The van der Waals surface area contributed by atoms with E-state index in [0.717, 1.165) is 28.9 Å². The molecule has 8 nitrogen and oxygen atoms in total. The van der Waals surface area contributed by atoms with E-state index in [1.807, 2.05) is 48.5 Å². The second-order valence-corrected chi connectivity index (χ2v) is 12.2. The van der Waals surface area contributed by atoms with Gasteiger partial charge in [0.15, 0.2) is 0 Å². The Bertz CT molecular complexity index is 1250. The maximum atomic E-state index is 13.6. The van der Waals surface area contributed by atoms with Crippen molar-refractivity contribution in [3.05, 3.63) is 59.7 Å². The highest BCUT2D eigenvalue weighted by molar-refractivity contribution is 7.88. The van der Waals surface area contributed by atoms with Crippen molar-refractivity contribution in [3.63, 3.8) is 0 Å². The molecule has 2 fully saturated rings. The van der Waals surface area contributed by atoms with Crippen molar-refractivity contribution in [1.82, 2.24) is 14.5 Å². The predicted octanol–water partition coefficient (Wildman–Crippen LogP) is 2.73. The maximum Gasteiger partial charge on any atom is 0.241 e. The monoisotopic (exact) mass is 511 g/mol. The minimum atomic E-state index is -3.44. The molecule has 2 aromatic carbocycles. The second-order valence-electron chi connectivity index (χ2n) is 10.2. The van der Waals surface area contributed by atoms with Gasteiger partial charge in [0.05, 0.1) is 11.7 Å². The zero-order chi connectivity index (χ0) is 25.3. The van der Waals surface area contributed by atoms with Gasteiger partial charge in [-0.3, -0.25) is 9.59 Å². The zero-order valence-corrected chi connectivity index (χ0v) is 21.4. The quantitative estimate of drug-likeness (QED) is 0.669. The van der Waals surface area contributed by atoms with Crippen LogP contribution in [0, 0.1) is 5.41 Å². The summed E-state index contributed by atoms with van der Waals surface area (Å²) >= 11 is 0. The first-order valence-corrected chi connectivity index (χ1v) is 14.5. The lowest BCUT2D eigenvalue weighted by Crippen LogP contribution is -2.54. The molecule has 2 amide bonds. The summed E-state index contributed by atoms with van der Waals surface area (Å²) < 4.78 is 31.7. The Morgan fingerprint density at radius 3 is 2.39 bits per heavy atom. The number of hydrogen-bond donors (Lipinski definition) is 1. The first-order valence-electron chi connectivity index (χ1n) is 12.6. The predicted molar refractivity (Wildman–Crippen MR) is 136 cm³/mol. The van der Waals surface area contributed by atoms with Gasteiger partial charge in [0.25, 0.3) is 0 Å². The van der Waals surface area contributed by atoms with Crippen molar-refractivity contribution in [2.45, 2.75) is 44.6 Å². The highest BCUT2D eigenvalue weighted by atomic mass is 32.2. The van der Waals surface area contributed by atoms with Gasteiger partial charge in [-0.25, -0.2) is 8.42 Å². The van der Waals surface area contributed by atoms with E-state index in [9.17, 15) is 18.0 Å². The minimum absolute atomic E-state index is 0.00921. The van der Waals surface area contributed by atoms with Crippen molar-refractivity contribution < 1.29 is 22.7 Å². The van der Waals surface area contributed by atoms with Crippen LogP contribution in [0.25, 0.3) is 0 Å². The molecule has 3 aliphatic heterocycles. The Morgan fingerprint density at radius 2 is 1.69 bits per heavy atom. The first kappa shape index (κ1) is 24.8. The van der Waals surface area contributed by atoms with E-state index in [1.54, 1.807) is 4.90 Å². The van der Waals surface area contributed by atoms with Crippen LogP contribution in [-0.2, 0) is 32.5 Å². The third kappa shape index (κ3) is 5.13. The number of carbonyl (C=O) groups excluding carboxylic acids is 2. The van der Waals surface area contributed by atoms with Crippen molar-refractivity contribution in [2.24, 2.45) is 5.41 Å². The van der Waals surface area contributed by atoms with Gasteiger partial charge >= 0.3 is 0 Å². The SMILES string of the molecule is CS(=O)(=O)N1CCC[C@H]1C(=O)N1CCC2(CC1)Cc1cccc(c1)Oc1cccc(c1)CCNC2=O. The lowest BCUT2D eigenvalue weighted by Gasteiger charge is -2.42. The summed E-state index contributed by atoms with van der Waals surface area (Å²) in [6.45, 7) is 1.76. The number of hydrogen-bond acceptors (Lipinski definition) is 5. The molecule has 4 bridgehead atoms. The highest BCUT2D eigenvalue weighted by Crippen LogP contribution is 2.38. The van der Waals surface area contributed by atoms with E-state index >= 15 is 0 Å². The van der Waals surface area contributed by atoms with Gasteiger partial charge in [-0.05, 0) is 73.9 Å². The van der Waals surface area contributed by atoms with Crippen LogP contribution in [-0.4, -0.2) is 67.9 Å². The molecule has 5 rings (SSSR count). The number of carbonyl (C=O) groups is 2. The van der Waals surface area contributed by atoms with Gasteiger partial charge in [0, 0.05) is 26.2 Å². The number of benzene rings is 2. The van der Waals surface area contributed by atoms with Crippen molar-refractivity contribution in [2.75, 3.05) is 32.4 Å². The van der Waals surface area contributed by atoms with Crippen molar-refractivity contribution >= 4 is 21.8 Å². The average molecular weight is 512 g/mol. The van der Waals surface area contributed by atoms with E-state index < -0.39 is 21.5 Å². The molecule has 9 heteroatoms. The average Bonchev–Trinajstić information content (AvgIpc) is 3.35. The molecule has 3 heterocycles. The molecular formula is C27H33N3O5S. The largest absolute Gasteiger partial charge is 0.457 e. The van der Waals surface area contributed by atoms with Crippen LogP contribution in [0.15, 0.2) is 48.5 Å². The first-order chi connectivity index (χ1) is 17.2. The van der Waals surface area contributed by atoms with Crippen LogP contribution in [0.4, 0.5) is 0 Å². The molecule has 0 aliphatic carbocycles. The number of rotatable bonds is 2. The summed E-state index contributed by atoms with van der Waals surface area (Å²) in [5.41, 5.74) is 1.45. The Labute approximate surface area is 212 Å². The van der Waals surface area contributed by atoms with Crippen LogP contribution < -0.4 is 10.1 Å². The maximum absolute atomic E-state index is 13.6. The van der Waals surface area contributed by atoms with Crippen LogP contribution in [0.2, 0.25) is 0 Å². The van der Waals surface area contributed by atoms with Crippen LogP contribution >= 0.6 is 0 Å². The summed E-state index contributed by atoms with van der Waals surface area (Å²) in [7, 11) is -3.44. The molecule has 0 aromatic heterocycles. The minimum Gasteiger partial charge on any atom is -0.457 e. The summed E-state index contributed by atoms with van der Waals surface area (Å²) in [5.74, 6) is 1.36. The third-order valence-corrected chi connectivity index (χ3v) is 8.99. The van der Waals surface area contributed by atoms with Gasteiger partial charge in [-0.15, -0.1) is 0 Å². The topological polar surface area (TPSA) is 96.0 Å². The number of nitrogens with zero attached hydrogens (tertiary/aromatic N) is 2. The molecule has 3 aliphatic rings. The third-order valence-electron chi connectivity index (χ3n) is 7.70. The summed E-state index contributed by atoms with van der Waals surface area (Å²) in [4.78, 5) is 28.6. The van der Waals surface area contributed by atoms with Crippen molar-refractivity contribution in [3.8, 4) is 11.5 Å². The molecule has 2 aromatic rings. The Balaban J connectivity index is 1.36. The molecule has 0 unspecified atom stereocenters. The van der Waals surface area contributed by atoms with Gasteiger partial charge in [0.2, 0.25) is 21.8 Å². The van der Waals surface area contributed by atoms with Gasteiger partial charge in [-0.2, -0.15) is 4.31 Å². The highest BCUT2D eigenvalue weighted by Gasteiger charge is 2.45. The van der Waals surface area contributed by atoms with E-state index in [4.69, 9.17) is 4.74 Å². The molecular weight excluding hydrogens is 478 g/mol. The molecule has 0 radical (unpaired) electrons. The zero-order valence-electron chi connectivity index (χ0n) is 20.6. The standard InChI is InChI=1S/C27H33N3O5S/c1-36(33,34)30-14-4-9-24(30)25(31)29-15-11-27(12-16-29)19-21-6-3-8-23(18-21)35-22-7-2-5-20(17-22)10-13-28-26(27)32/h2-3,5-8,17-18,24H,4,9-16,19H2,1H3,(H,28,32)/t24-/m0/s1. The molecule has 0 saturated carbocycles. The molecule has 192 valence electrons. The van der Waals surface area contributed by atoms with Gasteiger partial charge in [0.1, 0.15) is 17.5 Å². The number of amides is 2. The Kier molecular flexibility index (Phi) is 6.78. The second kappa shape index (κ2) is 9.86. The fourth-order valence-electron chi connectivity index (χ4n) is 5.75. The number of nitrogens with one attached hydrogen (secondary N) is 1. The van der Waals surface area contributed by atoms with E-state index in [1.165, 1.54) is 4.31 Å². The lowest BCUT2D eigenvalue weighted by molar-refractivity contribution is -0.142. The van der Waals surface area contributed by atoms with E-state index in [-0.39, 0.29) is 11.8 Å². The van der Waals surface area contributed by atoms with Crippen LogP contribution in [0.3, 0.4) is 0 Å². The number of likely N-dealkylation sites (tertiary alicyclic amines) is 1. The normalized spacial score (nSPS) is 22.6. The number of sulfonamides is 1. The number of piperidine rings is 1. The molecule has 2 saturated heterocycles. The Hall–Kier alpha value is -2.91. The Morgan fingerprint density at radius 1 is 1.03 bits per heavy atom. The van der Waals surface area contributed by atoms with Gasteiger partial charge in [-0.1, -0.05) is 24.3 Å². The van der Waals surface area contributed by atoms with Crippen LogP contribution in [0.5, 0.6) is 11.5 Å². The van der Waals surface area contributed by atoms with E-state index in [0.29, 0.717) is 64.7 Å². The summed E-state index contributed by atoms with van der Waals surface area (Å²) in [5, 5.41) is 3.15. The van der Waals surface area contributed by atoms with E-state index in [2.05, 4.69) is 5.32 Å². The molecule has 36 heavy (non-hydrogen) atoms. The summed E-state index contributed by atoms with van der Waals surface area (Å²) in [6.07, 6.45) is 4.68. The smallest absolute Gasteiger partial charge is 0.241 e. The lowest BCUT2D eigenvalue weighted by atomic mass is 9.72. The molecule has 1 N–H and O–H groups in total. The number of ether oxygens (including phenoxy) is 1. The molecule has 1 atom stereocenters. The fourth-order valence-corrected chi connectivity index (χ4v) is 6.87. The number of fused-ring (bicyclic) bond motifs is 4. The van der Waals surface area contributed by atoms with Crippen LogP contribution in [0.1, 0.15) is 36.8 Å². The van der Waals surface area contributed by atoms with Crippen molar-refractivity contribution in [1.29, 1.82) is 0 Å². The summed E-state index contributed by atoms with van der Waals surface area (Å²) in [6, 6.07) is 15.1. The fraction of sp³-hybridized carbons (Fsp3) is 0.481. The van der Waals surface area contributed by atoms with Gasteiger partial charge < -0.3 is 15.0 Å². The molecule has 1 spiro atoms.